The molecule has 0 saturated carbocycles. The van der Waals surface area contributed by atoms with Gasteiger partial charge in [-0.25, -0.2) is 9.67 Å². The fourth-order valence-corrected chi connectivity index (χ4v) is 4.02. The standard InChI is InChI=1S/C20H37N7O2.HI/c1-4-21-20(22-13-16-7-9-26(10-8-16)11-12-28-2)23-17-5-6-19-24-18(15-29-3)25-27(19)14-17;/h16-17H,4-15H2,1-3H3,(H2,21,22,23);1H. The van der Waals surface area contributed by atoms with E-state index in [9.17, 15) is 0 Å². The number of guanidine groups is 1. The van der Waals surface area contributed by atoms with Crippen molar-refractivity contribution < 1.29 is 9.47 Å². The molecule has 9 nitrogen and oxygen atoms in total. The molecule has 0 amide bonds. The van der Waals surface area contributed by atoms with Gasteiger partial charge < -0.3 is 25.0 Å². The van der Waals surface area contributed by atoms with Crippen LogP contribution < -0.4 is 10.6 Å². The van der Waals surface area contributed by atoms with E-state index in [2.05, 4.69) is 32.5 Å². The van der Waals surface area contributed by atoms with Gasteiger partial charge >= 0.3 is 0 Å². The Kier molecular flexibility index (Phi) is 11.3. The van der Waals surface area contributed by atoms with Gasteiger partial charge in [0, 0.05) is 46.3 Å². The van der Waals surface area contributed by atoms with Gasteiger partial charge in [-0.05, 0) is 45.2 Å². The Labute approximate surface area is 197 Å². The van der Waals surface area contributed by atoms with Gasteiger partial charge in [0.05, 0.1) is 13.2 Å². The van der Waals surface area contributed by atoms with Gasteiger partial charge in [-0.2, -0.15) is 5.10 Å². The lowest BCUT2D eigenvalue weighted by molar-refractivity contribution is 0.121. The number of hydrogen-bond acceptors (Lipinski definition) is 6. The molecular formula is C20H38IN7O2. The zero-order valence-electron chi connectivity index (χ0n) is 18.6. The Morgan fingerprint density at radius 3 is 2.70 bits per heavy atom. The van der Waals surface area contributed by atoms with E-state index in [-0.39, 0.29) is 24.0 Å². The molecule has 10 heteroatoms. The fraction of sp³-hybridized carbons (Fsp3) is 0.850. The Morgan fingerprint density at radius 2 is 2.00 bits per heavy atom. The number of nitrogens with one attached hydrogen (secondary N) is 2. The van der Waals surface area contributed by atoms with Gasteiger partial charge in [-0.3, -0.25) is 4.99 Å². The van der Waals surface area contributed by atoms with E-state index < -0.39 is 0 Å². The van der Waals surface area contributed by atoms with Gasteiger partial charge in [0.15, 0.2) is 11.8 Å². The first-order valence-electron chi connectivity index (χ1n) is 10.9. The molecule has 0 bridgehead atoms. The number of rotatable bonds is 9. The van der Waals surface area contributed by atoms with E-state index in [1.54, 1.807) is 14.2 Å². The third kappa shape index (κ3) is 7.61. The third-order valence-electron chi connectivity index (χ3n) is 5.69. The van der Waals surface area contributed by atoms with Crippen LogP contribution in [0.3, 0.4) is 0 Å². The number of nitrogens with zero attached hydrogens (tertiary/aromatic N) is 5. The van der Waals surface area contributed by atoms with Crippen LogP contribution in [0, 0.1) is 5.92 Å². The minimum atomic E-state index is 0. The number of aliphatic imine (C=N–C) groups is 1. The van der Waals surface area contributed by atoms with Crippen LogP contribution in [0.4, 0.5) is 0 Å². The molecule has 0 aromatic carbocycles. The predicted molar refractivity (Wildman–Crippen MR) is 128 cm³/mol. The van der Waals surface area contributed by atoms with Crippen molar-refractivity contribution in [1.82, 2.24) is 30.3 Å². The van der Waals surface area contributed by atoms with Crippen LogP contribution in [-0.2, 0) is 29.0 Å². The first-order valence-corrected chi connectivity index (χ1v) is 10.9. The molecule has 0 radical (unpaired) electrons. The Morgan fingerprint density at radius 1 is 1.20 bits per heavy atom. The summed E-state index contributed by atoms with van der Waals surface area (Å²) in [6, 6.07) is 0.313. The lowest BCUT2D eigenvalue weighted by Crippen LogP contribution is -2.47. The molecule has 1 aromatic rings. The summed E-state index contributed by atoms with van der Waals surface area (Å²) in [7, 11) is 3.44. The van der Waals surface area contributed by atoms with Crippen LogP contribution in [0.5, 0.6) is 0 Å². The predicted octanol–water partition coefficient (Wildman–Crippen LogP) is 1.27. The quantitative estimate of drug-likeness (QED) is 0.280. The van der Waals surface area contributed by atoms with Gasteiger partial charge in [0.25, 0.3) is 0 Å². The first kappa shape index (κ1) is 25.3. The number of methoxy groups -OCH3 is 2. The van der Waals surface area contributed by atoms with Crippen LogP contribution in [-0.4, -0.2) is 85.2 Å². The summed E-state index contributed by atoms with van der Waals surface area (Å²) in [4.78, 5) is 11.9. The third-order valence-corrected chi connectivity index (χ3v) is 5.69. The molecule has 3 heterocycles. The maximum absolute atomic E-state index is 5.19. The van der Waals surface area contributed by atoms with Crippen molar-refractivity contribution in [2.24, 2.45) is 10.9 Å². The maximum atomic E-state index is 5.19. The molecule has 1 aromatic heterocycles. The van der Waals surface area contributed by atoms with E-state index in [0.29, 0.717) is 18.6 Å². The molecular weight excluding hydrogens is 497 g/mol. The monoisotopic (exact) mass is 535 g/mol. The van der Waals surface area contributed by atoms with Crippen molar-refractivity contribution in [2.75, 3.05) is 53.6 Å². The summed E-state index contributed by atoms with van der Waals surface area (Å²) in [5.41, 5.74) is 0. The number of aryl methyl sites for hydroxylation is 1. The highest BCUT2D eigenvalue weighted by Crippen LogP contribution is 2.17. The topological polar surface area (TPSA) is 88.8 Å². The van der Waals surface area contributed by atoms with Crippen LogP contribution in [0.1, 0.15) is 37.8 Å². The van der Waals surface area contributed by atoms with Crippen LogP contribution in [0.25, 0.3) is 0 Å². The number of halogens is 1. The number of likely N-dealkylation sites (tertiary alicyclic amines) is 1. The number of ether oxygens (including phenoxy) is 2. The summed E-state index contributed by atoms with van der Waals surface area (Å²) in [5.74, 6) is 3.40. The number of aromatic nitrogens is 3. The highest BCUT2D eigenvalue weighted by atomic mass is 127. The molecule has 172 valence electrons. The smallest absolute Gasteiger partial charge is 0.191 e. The van der Waals surface area contributed by atoms with Crippen LogP contribution in [0.2, 0.25) is 0 Å². The molecule has 2 aliphatic heterocycles. The van der Waals surface area contributed by atoms with Gasteiger partial charge in [-0.1, -0.05) is 0 Å². The average molecular weight is 535 g/mol. The summed E-state index contributed by atoms with van der Waals surface area (Å²) in [6.45, 7) is 9.28. The van der Waals surface area contributed by atoms with Gasteiger partial charge in [0.1, 0.15) is 12.4 Å². The minimum Gasteiger partial charge on any atom is -0.383 e. The Bertz CT molecular complexity index is 647. The van der Waals surface area contributed by atoms with Gasteiger partial charge in [0.2, 0.25) is 0 Å². The van der Waals surface area contributed by atoms with E-state index >= 15 is 0 Å². The molecule has 30 heavy (non-hydrogen) atoms. The molecule has 0 aliphatic carbocycles. The second kappa shape index (κ2) is 13.4. The molecule has 1 fully saturated rings. The van der Waals surface area contributed by atoms with Crippen LogP contribution >= 0.6 is 24.0 Å². The highest BCUT2D eigenvalue weighted by Gasteiger charge is 2.23. The van der Waals surface area contributed by atoms with Crippen molar-refractivity contribution in [3.63, 3.8) is 0 Å². The van der Waals surface area contributed by atoms with Crippen molar-refractivity contribution in [3.8, 4) is 0 Å². The number of fused-ring (bicyclic) bond motifs is 1. The molecule has 1 saturated heterocycles. The fourth-order valence-electron chi connectivity index (χ4n) is 4.02. The summed E-state index contributed by atoms with van der Waals surface area (Å²) in [5, 5.41) is 11.6. The van der Waals surface area contributed by atoms with Crippen molar-refractivity contribution in [1.29, 1.82) is 0 Å². The maximum Gasteiger partial charge on any atom is 0.191 e. The SMILES string of the molecule is CCNC(=NCC1CCN(CCOC)CC1)NC1CCc2nc(COC)nn2C1.I. The van der Waals surface area contributed by atoms with Crippen molar-refractivity contribution in [3.05, 3.63) is 11.6 Å². The van der Waals surface area contributed by atoms with E-state index in [1.165, 1.54) is 12.8 Å². The molecule has 2 N–H and O–H groups in total. The highest BCUT2D eigenvalue weighted by molar-refractivity contribution is 14.0. The molecule has 1 atom stereocenters. The minimum absolute atomic E-state index is 0. The summed E-state index contributed by atoms with van der Waals surface area (Å²) < 4.78 is 12.3. The average Bonchev–Trinajstić information content (AvgIpc) is 3.13. The number of piperidine rings is 1. The second-order valence-corrected chi connectivity index (χ2v) is 7.94. The lowest BCUT2D eigenvalue weighted by atomic mass is 9.97. The molecule has 3 rings (SSSR count). The largest absolute Gasteiger partial charge is 0.383 e. The Hall–Kier alpha value is -0.980. The van der Waals surface area contributed by atoms with E-state index in [1.807, 2.05) is 4.68 Å². The second-order valence-electron chi connectivity index (χ2n) is 7.94. The lowest BCUT2D eigenvalue weighted by Gasteiger charge is -2.31. The number of hydrogen-bond donors (Lipinski definition) is 2. The summed E-state index contributed by atoms with van der Waals surface area (Å²) in [6.07, 6.45) is 4.38. The first-order chi connectivity index (χ1) is 14.2. The summed E-state index contributed by atoms with van der Waals surface area (Å²) >= 11 is 0. The van der Waals surface area contributed by atoms with E-state index in [4.69, 9.17) is 14.5 Å². The van der Waals surface area contributed by atoms with Gasteiger partial charge in [-0.15, -0.1) is 24.0 Å². The van der Waals surface area contributed by atoms with E-state index in [0.717, 1.165) is 76.3 Å². The molecule has 1 unspecified atom stereocenters. The Balaban J connectivity index is 0.00000320. The zero-order chi connectivity index (χ0) is 20.5. The zero-order valence-corrected chi connectivity index (χ0v) is 20.9. The van der Waals surface area contributed by atoms with Crippen molar-refractivity contribution >= 4 is 29.9 Å². The normalized spacial score (nSPS) is 20.5. The van der Waals surface area contributed by atoms with Crippen LogP contribution in [0.15, 0.2) is 4.99 Å². The molecule has 2 aliphatic rings. The molecule has 0 spiro atoms. The van der Waals surface area contributed by atoms with Crippen molar-refractivity contribution in [2.45, 2.75) is 51.8 Å².